The van der Waals surface area contributed by atoms with Gasteiger partial charge in [0.05, 0.1) is 18.5 Å². The molecule has 2 heterocycles. The van der Waals surface area contributed by atoms with Gasteiger partial charge in [-0.25, -0.2) is 9.37 Å². The maximum atomic E-state index is 15.1. The van der Waals surface area contributed by atoms with E-state index in [1.807, 2.05) is 31.2 Å². The van der Waals surface area contributed by atoms with Crippen molar-refractivity contribution in [2.24, 2.45) is 0 Å². The number of rotatable bonds is 8. The van der Waals surface area contributed by atoms with Gasteiger partial charge in [-0.15, -0.1) is 0 Å². The number of anilines is 6. The Balaban J connectivity index is 1.52. The highest BCUT2D eigenvalue weighted by Gasteiger charge is 2.20. The molecule has 3 N–H and O–H groups in total. The zero-order valence-electron chi connectivity index (χ0n) is 22.4. The van der Waals surface area contributed by atoms with E-state index in [-0.39, 0.29) is 10.6 Å². The number of aryl methyl sites for hydroxylation is 1. The molecule has 1 aliphatic heterocycles. The number of ether oxygens (including phenoxy) is 1. The molecule has 1 fully saturated rings. The van der Waals surface area contributed by atoms with Crippen molar-refractivity contribution in [2.75, 3.05) is 60.6 Å². The summed E-state index contributed by atoms with van der Waals surface area (Å²) in [6.45, 7) is 11.7. The second-order valence-electron chi connectivity index (χ2n) is 10.2. The summed E-state index contributed by atoms with van der Waals surface area (Å²) >= 11 is 1.66. The van der Waals surface area contributed by atoms with Gasteiger partial charge in [0.1, 0.15) is 17.4 Å². The van der Waals surface area contributed by atoms with Crippen molar-refractivity contribution in [1.29, 1.82) is 0 Å². The Labute approximate surface area is 223 Å². The van der Waals surface area contributed by atoms with Gasteiger partial charge in [0.15, 0.2) is 0 Å². The number of hydrogen-bond donors (Lipinski definition) is 3. The highest BCUT2D eigenvalue weighted by Crippen LogP contribution is 2.35. The van der Waals surface area contributed by atoms with E-state index in [1.165, 1.54) is 6.07 Å². The van der Waals surface area contributed by atoms with E-state index in [9.17, 15) is 0 Å². The molecule has 0 bridgehead atoms. The molecule has 1 aromatic heterocycles. The van der Waals surface area contributed by atoms with Gasteiger partial charge in [-0.2, -0.15) is 4.98 Å². The SMILES string of the molecule is COc1cc(N2CCN(C)CC2)c(F)cc1Nc1ncc(C)c(Nc2cccc(NSC(C)(C)C)c2)n1. The Bertz CT molecular complexity index is 1230. The standard InChI is InChI=1S/C27H36FN7OS/c1-18-17-29-26(32-25(18)30-19-8-7-9-20(14-19)33-37-27(2,3)4)31-22-15-21(28)23(16-24(22)36-6)35-12-10-34(5)11-13-35/h7-9,14-17,33H,10-13H2,1-6H3,(H2,29,30,31,32). The van der Waals surface area contributed by atoms with Crippen molar-refractivity contribution >= 4 is 46.5 Å². The van der Waals surface area contributed by atoms with Gasteiger partial charge in [0.2, 0.25) is 5.95 Å². The zero-order valence-corrected chi connectivity index (χ0v) is 23.2. The molecule has 0 saturated carbocycles. The summed E-state index contributed by atoms with van der Waals surface area (Å²) < 4.78 is 24.2. The predicted octanol–water partition coefficient (Wildman–Crippen LogP) is 6.03. The van der Waals surface area contributed by atoms with Crippen LogP contribution in [0.5, 0.6) is 5.75 Å². The Morgan fingerprint density at radius 1 is 1.03 bits per heavy atom. The Hall–Kier alpha value is -3.24. The third kappa shape index (κ3) is 7.17. The average Bonchev–Trinajstić information content (AvgIpc) is 2.85. The van der Waals surface area contributed by atoms with Gasteiger partial charge in [0, 0.05) is 66.2 Å². The van der Waals surface area contributed by atoms with E-state index in [0.717, 1.165) is 43.1 Å². The normalized spacial score (nSPS) is 14.4. The van der Waals surface area contributed by atoms with Crippen LogP contribution in [-0.4, -0.2) is 60.0 Å². The third-order valence-corrected chi connectivity index (χ3v) is 6.88. The number of halogens is 1. The highest BCUT2D eigenvalue weighted by molar-refractivity contribution is 8.01. The Morgan fingerprint density at radius 3 is 2.46 bits per heavy atom. The van der Waals surface area contributed by atoms with Gasteiger partial charge < -0.3 is 29.9 Å². The van der Waals surface area contributed by atoms with Gasteiger partial charge in [-0.3, -0.25) is 0 Å². The minimum absolute atomic E-state index is 0.0937. The maximum absolute atomic E-state index is 15.1. The van der Waals surface area contributed by atoms with Crippen molar-refractivity contribution in [1.82, 2.24) is 14.9 Å². The second kappa shape index (κ2) is 11.4. The van der Waals surface area contributed by atoms with Crippen molar-refractivity contribution in [3.05, 3.63) is 54.0 Å². The molecular formula is C27H36FN7OS. The lowest BCUT2D eigenvalue weighted by atomic mass is 10.2. The number of benzene rings is 2. The smallest absolute Gasteiger partial charge is 0.229 e. The number of nitrogens with one attached hydrogen (secondary N) is 3. The fraction of sp³-hybridized carbons (Fsp3) is 0.407. The first-order valence-corrected chi connectivity index (χ1v) is 13.2. The number of likely N-dealkylation sites (N-methyl/N-ethyl adjacent to an activating group) is 1. The number of piperazine rings is 1. The first-order valence-electron chi connectivity index (χ1n) is 12.3. The van der Waals surface area contributed by atoms with E-state index in [4.69, 9.17) is 4.74 Å². The summed E-state index contributed by atoms with van der Waals surface area (Å²) in [6, 6.07) is 11.2. The van der Waals surface area contributed by atoms with Crippen LogP contribution in [0.4, 0.5) is 38.9 Å². The molecule has 4 rings (SSSR count). The monoisotopic (exact) mass is 525 g/mol. The quantitative estimate of drug-likeness (QED) is 0.306. The minimum atomic E-state index is -0.309. The van der Waals surface area contributed by atoms with E-state index in [0.29, 0.717) is 28.9 Å². The number of methoxy groups -OCH3 is 1. The summed E-state index contributed by atoms with van der Waals surface area (Å²) in [5, 5.41) is 6.51. The van der Waals surface area contributed by atoms with Crippen molar-refractivity contribution in [3.8, 4) is 5.75 Å². The van der Waals surface area contributed by atoms with E-state index >= 15 is 4.39 Å². The van der Waals surface area contributed by atoms with Gasteiger partial charge in [0.25, 0.3) is 0 Å². The highest BCUT2D eigenvalue weighted by atomic mass is 32.2. The lowest BCUT2D eigenvalue weighted by Crippen LogP contribution is -2.44. The molecule has 1 saturated heterocycles. The lowest BCUT2D eigenvalue weighted by Gasteiger charge is -2.34. The van der Waals surface area contributed by atoms with Crippen molar-refractivity contribution in [2.45, 2.75) is 32.4 Å². The molecule has 37 heavy (non-hydrogen) atoms. The van der Waals surface area contributed by atoms with Crippen molar-refractivity contribution in [3.63, 3.8) is 0 Å². The maximum Gasteiger partial charge on any atom is 0.229 e. The molecule has 0 atom stereocenters. The molecule has 1 aliphatic rings. The number of nitrogens with zero attached hydrogens (tertiary/aromatic N) is 4. The summed E-state index contributed by atoms with van der Waals surface area (Å²) in [5.41, 5.74) is 3.79. The van der Waals surface area contributed by atoms with E-state index in [2.05, 4.69) is 62.9 Å². The summed E-state index contributed by atoms with van der Waals surface area (Å²) in [4.78, 5) is 13.3. The molecule has 0 radical (unpaired) electrons. The van der Waals surface area contributed by atoms with Crippen LogP contribution in [0.1, 0.15) is 26.3 Å². The topological polar surface area (TPSA) is 77.6 Å². The summed E-state index contributed by atoms with van der Waals surface area (Å²) in [6.07, 6.45) is 1.73. The van der Waals surface area contributed by atoms with Gasteiger partial charge in [-0.1, -0.05) is 6.07 Å². The van der Waals surface area contributed by atoms with Crippen LogP contribution in [0.2, 0.25) is 0 Å². The molecule has 0 aliphatic carbocycles. The molecule has 10 heteroatoms. The first kappa shape index (κ1) is 26.8. The Morgan fingerprint density at radius 2 is 1.76 bits per heavy atom. The van der Waals surface area contributed by atoms with Crippen LogP contribution in [0, 0.1) is 12.7 Å². The van der Waals surface area contributed by atoms with Gasteiger partial charge in [-0.05, 0) is 64.9 Å². The van der Waals surface area contributed by atoms with Crippen LogP contribution in [0.25, 0.3) is 0 Å². The molecule has 8 nitrogen and oxygen atoms in total. The molecule has 2 aromatic carbocycles. The van der Waals surface area contributed by atoms with Crippen LogP contribution in [-0.2, 0) is 0 Å². The van der Waals surface area contributed by atoms with E-state index < -0.39 is 0 Å². The minimum Gasteiger partial charge on any atom is -0.494 e. The third-order valence-electron chi connectivity index (χ3n) is 5.93. The average molecular weight is 526 g/mol. The molecule has 198 valence electrons. The summed E-state index contributed by atoms with van der Waals surface area (Å²) in [5.74, 6) is 1.22. The largest absolute Gasteiger partial charge is 0.494 e. The molecule has 3 aromatic rings. The molecule has 0 spiro atoms. The van der Waals surface area contributed by atoms with Crippen molar-refractivity contribution < 1.29 is 9.13 Å². The Kier molecular flexibility index (Phi) is 8.29. The number of aromatic nitrogens is 2. The molecular weight excluding hydrogens is 489 g/mol. The molecule has 0 unspecified atom stereocenters. The van der Waals surface area contributed by atoms with E-state index in [1.54, 1.807) is 31.3 Å². The summed E-state index contributed by atoms with van der Waals surface area (Å²) in [7, 11) is 3.65. The fourth-order valence-electron chi connectivity index (χ4n) is 3.86. The fourth-order valence-corrected chi connectivity index (χ4v) is 4.41. The van der Waals surface area contributed by atoms with Crippen LogP contribution < -0.4 is 25.0 Å². The van der Waals surface area contributed by atoms with Crippen LogP contribution >= 0.6 is 11.9 Å². The second-order valence-corrected chi connectivity index (χ2v) is 11.8. The van der Waals surface area contributed by atoms with Crippen LogP contribution in [0.15, 0.2) is 42.6 Å². The lowest BCUT2D eigenvalue weighted by molar-refractivity contribution is 0.311. The number of hydrogen-bond acceptors (Lipinski definition) is 9. The van der Waals surface area contributed by atoms with Gasteiger partial charge >= 0.3 is 0 Å². The van der Waals surface area contributed by atoms with Crippen LogP contribution in [0.3, 0.4) is 0 Å². The zero-order chi connectivity index (χ0) is 26.6. The predicted molar refractivity (Wildman–Crippen MR) is 153 cm³/mol. The molecule has 0 amide bonds. The first-order chi connectivity index (χ1) is 17.6.